The van der Waals surface area contributed by atoms with Gasteiger partial charge in [-0.25, -0.2) is 15.2 Å². The SMILES string of the molecule is CCCN1C(CNc2cccc(C(=O)N[C@@H]3COc4cc(F)ccc43)c2)NNC1C1=NCNCC1. The topological polar surface area (TPSA) is 102 Å². The number of amides is 1. The standard InChI is InChI=1S/C25H32FN7O2/c1-2-10-33-23(31-32-24(33)20-8-9-27-15-29-20)13-28-18-5-3-4-16(11-18)25(34)30-21-14-35-22-12-17(26)6-7-19(21)22/h3-7,11-12,21,23-24,27-28,31-32H,2,8-10,13-15H2,1H3,(H,30,34)/t21-,23?,24?/m1/s1. The van der Waals surface area contributed by atoms with Gasteiger partial charge < -0.3 is 15.4 Å². The third-order valence-corrected chi connectivity index (χ3v) is 6.55. The Hall–Kier alpha value is -3.05. The van der Waals surface area contributed by atoms with E-state index in [-0.39, 0.29) is 30.1 Å². The number of anilines is 1. The summed E-state index contributed by atoms with van der Waals surface area (Å²) in [6, 6.07) is 11.5. The molecule has 5 N–H and O–H groups in total. The lowest BCUT2D eigenvalue weighted by Gasteiger charge is -2.30. The van der Waals surface area contributed by atoms with E-state index in [4.69, 9.17) is 4.74 Å². The number of fused-ring (bicyclic) bond motifs is 1. The van der Waals surface area contributed by atoms with Crippen molar-refractivity contribution in [3.05, 3.63) is 59.4 Å². The van der Waals surface area contributed by atoms with Crippen molar-refractivity contribution in [2.75, 3.05) is 38.2 Å². The maximum Gasteiger partial charge on any atom is 0.251 e. The van der Waals surface area contributed by atoms with Crippen LogP contribution in [0.25, 0.3) is 0 Å². The first-order valence-electron chi connectivity index (χ1n) is 12.2. The molecule has 1 saturated heterocycles. The highest BCUT2D eigenvalue weighted by molar-refractivity contribution is 5.95. The Kier molecular flexibility index (Phi) is 7.24. The highest BCUT2D eigenvalue weighted by Crippen LogP contribution is 2.33. The van der Waals surface area contributed by atoms with Crippen molar-refractivity contribution in [2.45, 2.75) is 38.1 Å². The maximum atomic E-state index is 13.4. The minimum Gasteiger partial charge on any atom is -0.491 e. The number of hydrazine groups is 1. The number of ether oxygens (including phenoxy) is 1. The van der Waals surface area contributed by atoms with E-state index in [1.807, 2.05) is 18.2 Å². The number of hydrogen-bond acceptors (Lipinski definition) is 8. The van der Waals surface area contributed by atoms with Crippen LogP contribution in [0.15, 0.2) is 47.5 Å². The van der Waals surface area contributed by atoms with Crippen LogP contribution >= 0.6 is 0 Å². The number of nitrogens with one attached hydrogen (secondary N) is 5. The molecule has 0 radical (unpaired) electrons. The van der Waals surface area contributed by atoms with Crippen molar-refractivity contribution in [3.8, 4) is 5.75 Å². The summed E-state index contributed by atoms with van der Waals surface area (Å²) in [6.45, 7) is 5.69. The summed E-state index contributed by atoms with van der Waals surface area (Å²) < 4.78 is 19.0. The van der Waals surface area contributed by atoms with Crippen molar-refractivity contribution in [1.82, 2.24) is 26.4 Å². The molecule has 1 amide bonds. The minimum atomic E-state index is -0.353. The molecule has 5 rings (SSSR count). The first-order valence-corrected chi connectivity index (χ1v) is 12.2. The summed E-state index contributed by atoms with van der Waals surface area (Å²) in [5.74, 6) is -0.0699. The molecule has 2 aromatic rings. The molecule has 3 heterocycles. The molecule has 9 nitrogen and oxygen atoms in total. The smallest absolute Gasteiger partial charge is 0.251 e. The van der Waals surface area contributed by atoms with Gasteiger partial charge in [0.15, 0.2) is 0 Å². The molecule has 3 atom stereocenters. The Morgan fingerprint density at radius 3 is 3.00 bits per heavy atom. The Bertz CT molecular complexity index is 1100. The lowest BCUT2D eigenvalue weighted by molar-refractivity contribution is 0.0930. The number of benzene rings is 2. The number of halogens is 1. The fraction of sp³-hybridized carbons (Fsp3) is 0.440. The van der Waals surface area contributed by atoms with Crippen LogP contribution in [0.5, 0.6) is 5.75 Å². The zero-order chi connectivity index (χ0) is 24.2. The number of rotatable bonds is 8. The van der Waals surface area contributed by atoms with Gasteiger partial charge in [-0.1, -0.05) is 19.1 Å². The molecule has 0 aromatic heterocycles. The molecule has 3 aliphatic heterocycles. The second-order valence-corrected chi connectivity index (χ2v) is 8.98. The maximum absolute atomic E-state index is 13.4. The fourth-order valence-corrected chi connectivity index (χ4v) is 4.79. The molecule has 0 aliphatic carbocycles. The Morgan fingerprint density at radius 1 is 1.26 bits per heavy atom. The molecule has 0 saturated carbocycles. The van der Waals surface area contributed by atoms with Crippen LogP contribution in [0, 0.1) is 5.82 Å². The van der Waals surface area contributed by atoms with E-state index >= 15 is 0 Å². The van der Waals surface area contributed by atoms with Crippen molar-refractivity contribution < 1.29 is 13.9 Å². The largest absolute Gasteiger partial charge is 0.491 e. The number of carbonyl (C=O) groups excluding carboxylic acids is 1. The number of carbonyl (C=O) groups is 1. The van der Waals surface area contributed by atoms with Gasteiger partial charge in [-0.05, 0) is 30.7 Å². The van der Waals surface area contributed by atoms with Crippen LogP contribution in [-0.2, 0) is 0 Å². The van der Waals surface area contributed by atoms with E-state index < -0.39 is 0 Å². The molecule has 2 aromatic carbocycles. The Balaban J connectivity index is 1.20. The number of hydrogen-bond donors (Lipinski definition) is 5. The summed E-state index contributed by atoms with van der Waals surface area (Å²) in [7, 11) is 0. The monoisotopic (exact) mass is 481 g/mol. The highest BCUT2D eigenvalue weighted by atomic mass is 19.1. The van der Waals surface area contributed by atoms with Crippen molar-refractivity contribution in [2.24, 2.45) is 4.99 Å². The summed E-state index contributed by atoms with van der Waals surface area (Å²) in [6.07, 6.45) is 2.15. The average Bonchev–Trinajstić information content (AvgIpc) is 3.47. The van der Waals surface area contributed by atoms with E-state index in [2.05, 4.69) is 43.6 Å². The molecular formula is C25H32FN7O2. The fourth-order valence-electron chi connectivity index (χ4n) is 4.79. The van der Waals surface area contributed by atoms with Gasteiger partial charge in [0.25, 0.3) is 5.91 Å². The van der Waals surface area contributed by atoms with Crippen molar-refractivity contribution in [3.63, 3.8) is 0 Å². The van der Waals surface area contributed by atoms with E-state index in [1.54, 1.807) is 12.1 Å². The van der Waals surface area contributed by atoms with Gasteiger partial charge in [-0.15, -0.1) is 0 Å². The van der Waals surface area contributed by atoms with Crippen LogP contribution in [0.4, 0.5) is 10.1 Å². The quantitative estimate of drug-likeness (QED) is 0.393. The third-order valence-electron chi connectivity index (χ3n) is 6.55. The summed E-state index contributed by atoms with van der Waals surface area (Å²) in [5.41, 5.74) is 10.2. The first kappa shape index (κ1) is 23.7. The van der Waals surface area contributed by atoms with E-state index in [0.29, 0.717) is 31.1 Å². The first-order chi connectivity index (χ1) is 17.1. The van der Waals surface area contributed by atoms with Crippen LogP contribution in [0.3, 0.4) is 0 Å². The normalized spacial score (nSPS) is 23.9. The molecule has 35 heavy (non-hydrogen) atoms. The van der Waals surface area contributed by atoms with Crippen molar-refractivity contribution >= 4 is 17.3 Å². The Labute approximate surface area is 204 Å². The van der Waals surface area contributed by atoms with Crippen LogP contribution in [0.2, 0.25) is 0 Å². The number of nitrogens with zero attached hydrogens (tertiary/aromatic N) is 2. The highest BCUT2D eigenvalue weighted by Gasteiger charge is 2.35. The predicted molar refractivity (Wildman–Crippen MR) is 133 cm³/mol. The third kappa shape index (κ3) is 5.30. The van der Waals surface area contributed by atoms with Crippen LogP contribution in [-0.4, -0.2) is 61.8 Å². The molecule has 3 aliphatic rings. The predicted octanol–water partition coefficient (Wildman–Crippen LogP) is 1.96. The minimum absolute atomic E-state index is 0.0857. The second kappa shape index (κ2) is 10.7. The van der Waals surface area contributed by atoms with Gasteiger partial charge in [0.2, 0.25) is 0 Å². The van der Waals surface area contributed by atoms with E-state index in [1.165, 1.54) is 17.8 Å². The molecule has 186 valence electrons. The van der Waals surface area contributed by atoms with Crippen LogP contribution in [0.1, 0.15) is 41.7 Å². The molecular weight excluding hydrogens is 449 g/mol. The van der Waals surface area contributed by atoms with Gasteiger partial charge >= 0.3 is 0 Å². The van der Waals surface area contributed by atoms with Gasteiger partial charge in [0, 0.05) is 54.6 Å². The zero-order valence-corrected chi connectivity index (χ0v) is 19.8. The second-order valence-electron chi connectivity index (χ2n) is 8.98. The lowest BCUT2D eigenvalue weighted by Crippen LogP contribution is -2.48. The molecule has 10 heteroatoms. The number of aliphatic imine (C=N–C) groups is 1. The molecule has 0 spiro atoms. The summed E-state index contributed by atoms with van der Waals surface area (Å²) >= 11 is 0. The van der Waals surface area contributed by atoms with Gasteiger partial charge in [0.05, 0.1) is 18.9 Å². The van der Waals surface area contributed by atoms with E-state index in [0.717, 1.165) is 37.2 Å². The van der Waals surface area contributed by atoms with E-state index in [9.17, 15) is 9.18 Å². The van der Waals surface area contributed by atoms with Gasteiger partial charge in [-0.2, -0.15) is 0 Å². The molecule has 2 unspecified atom stereocenters. The van der Waals surface area contributed by atoms with Gasteiger partial charge in [-0.3, -0.25) is 20.0 Å². The van der Waals surface area contributed by atoms with Gasteiger partial charge in [0.1, 0.15) is 24.3 Å². The average molecular weight is 482 g/mol. The lowest BCUT2D eigenvalue weighted by atomic mass is 10.1. The molecule has 0 bridgehead atoms. The van der Waals surface area contributed by atoms with Crippen LogP contribution < -0.4 is 31.5 Å². The summed E-state index contributed by atoms with van der Waals surface area (Å²) in [5, 5.41) is 9.73. The Morgan fingerprint density at radius 2 is 2.17 bits per heavy atom. The summed E-state index contributed by atoms with van der Waals surface area (Å²) in [4.78, 5) is 20.0. The zero-order valence-electron chi connectivity index (χ0n) is 19.8. The molecule has 1 fully saturated rings. The van der Waals surface area contributed by atoms with Crippen molar-refractivity contribution in [1.29, 1.82) is 0 Å².